The third-order valence-corrected chi connectivity index (χ3v) is 9.07. The van der Waals surface area contributed by atoms with Crippen molar-refractivity contribution in [2.75, 3.05) is 0 Å². The molecule has 2 nitrogen and oxygen atoms in total. The highest BCUT2D eigenvalue weighted by atomic mass is 32.1. The largest absolute Gasteiger partial charge is 0.228 e. The topological polar surface area (TPSA) is 25.8 Å². The molecule has 0 aliphatic heterocycles. The van der Waals surface area contributed by atoms with Crippen molar-refractivity contribution in [2.45, 2.75) is 0 Å². The van der Waals surface area contributed by atoms with Crippen LogP contribution in [0.4, 0.5) is 0 Å². The summed E-state index contributed by atoms with van der Waals surface area (Å²) in [6.45, 7) is 0. The minimum absolute atomic E-state index is 0.722. The van der Waals surface area contributed by atoms with Crippen molar-refractivity contribution in [3.05, 3.63) is 158 Å². The Bertz CT molecular complexity index is 2140. The molecule has 2 heterocycles. The lowest BCUT2D eigenvalue weighted by molar-refractivity contribution is 1.18. The molecule has 43 heavy (non-hydrogen) atoms. The van der Waals surface area contributed by atoms with Gasteiger partial charge in [0.15, 0.2) is 5.82 Å². The molecule has 0 atom stereocenters. The summed E-state index contributed by atoms with van der Waals surface area (Å²) in [6, 6.07) is 55.4. The van der Waals surface area contributed by atoms with Gasteiger partial charge in [-0.2, -0.15) is 0 Å². The molecule has 0 unspecified atom stereocenters. The standard InChI is InChI=1S/C40H26N2S/c1-4-12-27(13-5-1)28-20-22-31(23-21-28)38-33(24-25-37-39(38)32-18-10-11-19-36(32)43-37)40-41-34(29-14-6-2-7-15-29)26-35(42-40)30-16-8-3-9-17-30/h1-26H. The summed E-state index contributed by atoms with van der Waals surface area (Å²) in [7, 11) is 0. The molecule has 0 spiro atoms. The Morgan fingerprint density at radius 1 is 0.395 bits per heavy atom. The molecule has 0 amide bonds. The Morgan fingerprint density at radius 3 is 1.53 bits per heavy atom. The molecule has 0 radical (unpaired) electrons. The summed E-state index contributed by atoms with van der Waals surface area (Å²) in [5.74, 6) is 0.722. The number of benzene rings is 6. The zero-order valence-electron chi connectivity index (χ0n) is 23.3. The Balaban J connectivity index is 1.40. The van der Waals surface area contributed by atoms with E-state index in [1.165, 1.54) is 36.9 Å². The fourth-order valence-electron chi connectivity index (χ4n) is 5.84. The highest BCUT2D eigenvalue weighted by molar-refractivity contribution is 7.26. The second-order valence-corrected chi connectivity index (χ2v) is 11.7. The second kappa shape index (κ2) is 10.8. The molecule has 8 aromatic rings. The van der Waals surface area contributed by atoms with Crippen molar-refractivity contribution >= 4 is 31.5 Å². The first kappa shape index (κ1) is 25.3. The molecule has 3 heteroatoms. The first-order chi connectivity index (χ1) is 21.3. The van der Waals surface area contributed by atoms with Gasteiger partial charge in [-0.05, 0) is 41.0 Å². The van der Waals surface area contributed by atoms with E-state index in [2.05, 4.69) is 146 Å². The molecular formula is C40H26N2S. The summed E-state index contributed by atoms with van der Waals surface area (Å²) >= 11 is 1.83. The molecule has 8 rings (SSSR count). The van der Waals surface area contributed by atoms with Gasteiger partial charge in [-0.15, -0.1) is 11.3 Å². The quantitative estimate of drug-likeness (QED) is 0.207. The fourth-order valence-corrected chi connectivity index (χ4v) is 6.96. The maximum atomic E-state index is 5.21. The molecule has 0 aliphatic carbocycles. The fraction of sp³-hybridized carbons (Fsp3) is 0. The van der Waals surface area contributed by atoms with Crippen LogP contribution in [-0.4, -0.2) is 9.97 Å². The van der Waals surface area contributed by atoms with Gasteiger partial charge < -0.3 is 0 Å². The van der Waals surface area contributed by atoms with Crippen LogP contribution < -0.4 is 0 Å². The van der Waals surface area contributed by atoms with E-state index in [9.17, 15) is 0 Å². The lowest BCUT2D eigenvalue weighted by Gasteiger charge is -2.15. The highest BCUT2D eigenvalue weighted by Crippen LogP contribution is 2.45. The first-order valence-corrected chi connectivity index (χ1v) is 15.2. The van der Waals surface area contributed by atoms with E-state index in [0.29, 0.717) is 0 Å². The summed E-state index contributed by atoms with van der Waals surface area (Å²) in [5.41, 5.74) is 9.70. The minimum Gasteiger partial charge on any atom is -0.228 e. The molecule has 0 saturated carbocycles. The van der Waals surface area contributed by atoms with E-state index in [0.717, 1.165) is 39.5 Å². The van der Waals surface area contributed by atoms with Crippen molar-refractivity contribution in [3.63, 3.8) is 0 Å². The van der Waals surface area contributed by atoms with E-state index in [4.69, 9.17) is 9.97 Å². The monoisotopic (exact) mass is 566 g/mol. The minimum atomic E-state index is 0.722. The van der Waals surface area contributed by atoms with Crippen LogP contribution >= 0.6 is 11.3 Å². The van der Waals surface area contributed by atoms with Gasteiger partial charge in [-0.1, -0.05) is 133 Å². The smallest absolute Gasteiger partial charge is 0.161 e. The number of rotatable bonds is 5. The van der Waals surface area contributed by atoms with Gasteiger partial charge in [0.25, 0.3) is 0 Å². The molecule has 0 saturated heterocycles. The lowest BCUT2D eigenvalue weighted by Crippen LogP contribution is -1.98. The van der Waals surface area contributed by atoms with Crippen LogP contribution in [0, 0.1) is 0 Å². The summed E-state index contributed by atoms with van der Waals surface area (Å²) < 4.78 is 2.54. The van der Waals surface area contributed by atoms with Crippen LogP contribution in [0.15, 0.2) is 158 Å². The zero-order valence-corrected chi connectivity index (χ0v) is 24.1. The van der Waals surface area contributed by atoms with Crippen LogP contribution in [-0.2, 0) is 0 Å². The maximum Gasteiger partial charge on any atom is 0.161 e. The summed E-state index contributed by atoms with van der Waals surface area (Å²) in [4.78, 5) is 10.4. The van der Waals surface area contributed by atoms with Crippen molar-refractivity contribution < 1.29 is 0 Å². The molecule has 0 fully saturated rings. The van der Waals surface area contributed by atoms with Gasteiger partial charge >= 0.3 is 0 Å². The summed E-state index contributed by atoms with van der Waals surface area (Å²) in [6.07, 6.45) is 0. The van der Waals surface area contributed by atoms with Crippen molar-refractivity contribution in [2.24, 2.45) is 0 Å². The van der Waals surface area contributed by atoms with E-state index in [1.807, 2.05) is 23.5 Å². The van der Waals surface area contributed by atoms with Crippen LogP contribution in [0.2, 0.25) is 0 Å². The molecular weight excluding hydrogens is 541 g/mol. The summed E-state index contributed by atoms with van der Waals surface area (Å²) in [5, 5.41) is 2.51. The van der Waals surface area contributed by atoms with Gasteiger partial charge in [0, 0.05) is 42.4 Å². The normalized spacial score (nSPS) is 11.3. The maximum absolute atomic E-state index is 5.21. The molecule has 6 aromatic carbocycles. The van der Waals surface area contributed by atoms with Gasteiger partial charge in [0.1, 0.15) is 0 Å². The number of thiophene rings is 1. The number of hydrogen-bond acceptors (Lipinski definition) is 3. The highest BCUT2D eigenvalue weighted by Gasteiger charge is 2.20. The third-order valence-electron chi connectivity index (χ3n) is 7.93. The number of nitrogens with zero attached hydrogens (tertiary/aromatic N) is 2. The third kappa shape index (κ3) is 4.70. The van der Waals surface area contributed by atoms with Crippen LogP contribution in [0.1, 0.15) is 0 Å². The number of fused-ring (bicyclic) bond motifs is 3. The average molecular weight is 567 g/mol. The Labute approximate surface area is 254 Å². The molecule has 202 valence electrons. The average Bonchev–Trinajstić information content (AvgIpc) is 3.48. The lowest BCUT2D eigenvalue weighted by atomic mass is 9.92. The van der Waals surface area contributed by atoms with E-state index in [-0.39, 0.29) is 0 Å². The van der Waals surface area contributed by atoms with Crippen molar-refractivity contribution in [3.8, 4) is 56.2 Å². The van der Waals surface area contributed by atoms with E-state index in [1.54, 1.807) is 0 Å². The number of aromatic nitrogens is 2. The van der Waals surface area contributed by atoms with Gasteiger partial charge in [-0.25, -0.2) is 9.97 Å². The molecule has 2 aromatic heterocycles. The Morgan fingerprint density at radius 2 is 0.907 bits per heavy atom. The van der Waals surface area contributed by atoms with Crippen LogP contribution in [0.25, 0.3) is 76.3 Å². The van der Waals surface area contributed by atoms with E-state index < -0.39 is 0 Å². The Hall–Kier alpha value is -5.38. The predicted octanol–water partition coefficient (Wildman–Crippen LogP) is 11.2. The van der Waals surface area contributed by atoms with Crippen molar-refractivity contribution in [1.29, 1.82) is 0 Å². The second-order valence-electron chi connectivity index (χ2n) is 10.6. The predicted molar refractivity (Wildman–Crippen MR) is 182 cm³/mol. The zero-order chi connectivity index (χ0) is 28.6. The van der Waals surface area contributed by atoms with Crippen LogP contribution in [0.5, 0.6) is 0 Å². The van der Waals surface area contributed by atoms with Gasteiger partial charge in [-0.3, -0.25) is 0 Å². The molecule has 0 aliphatic rings. The van der Waals surface area contributed by atoms with Gasteiger partial charge in [0.05, 0.1) is 11.4 Å². The SMILES string of the molecule is c1ccc(-c2ccc(-c3c(-c4nc(-c5ccccc5)cc(-c5ccccc5)n4)ccc4sc5ccccc5c34)cc2)cc1. The first-order valence-electron chi connectivity index (χ1n) is 14.4. The molecule has 0 bridgehead atoms. The van der Waals surface area contributed by atoms with Crippen LogP contribution in [0.3, 0.4) is 0 Å². The van der Waals surface area contributed by atoms with E-state index >= 15 is 0 Å². The van der Waals surface area contributed by atoms with Crippen molar-refractivity contribution in [1.82, 2.24) is 9.97 Å². The Kier molecular flexibility index (Phi) is 6.36. The molecule has 0 N–H and O–H groups in total. The van der Waals surface area contributed by atoms with Gasteiger partial charge in [0.2, 0.25) is 0 Å². The number of hydrogen-bond donors (Lipinski definition) is 0.